The Morgan fingerprint density at radius 3 is 2.57 bits per heavy atom. The summed E-state index contributed by atoms with van der Waals surface area (Å²) in [6, 6.07) is 0. The molecule has 69 heavy (non-hydrogen) atoms. The molecular weight excluding hydrogens is 952 g/mol. The van der Waals surface area contributed by atoms with Crippen molar-refractivity contribution >= 4 is 34.1 Å². The molecule has 0 unspecified atom stereocenters. The molecule has 4 saturated heterocycles. The van der Waals surface area contributed by atoms with Gasteiger partial charge in [-0.25, -0.2) is 14.8 Å². The third kappa shape index (κ3) is 14.6. The number of allylic oxidation sites excluding steroid dienone is 2. The number of aromatic nitrogens is 2. The number of rotatable bonds is 12. The predicted molar refractivity (Wildman–Crippen MR) is 261 cm³/mol. The molecule has 0 amide bonds. The van der Waals surface area contributed by atoms with Crippen molar-refractivity contribution in [1.29, 1.82) is 0 Å². The Labute approximate surface area is 414 Å². The number of aliphatic hydroxyl groups excluding tert-OH is 2. The largest absolute Gasteiger partial charge is 0.458 e. The van der Waals surface area contributed by atoms with Crippen LogP contribution in [0.4, 0.5) is 0 Å². The second-order valence-corrected chi connectivity index (χ2v) is 20.0. The Bertz CT molecular complexity index is 2210. The van der Waals surface area contributed by atoms with E-state index in [1.807, 2.05) is 64.2 Å². The van der Waals surface area contributed by atoms with Crippen LogP contribution < -0.4 is 0 Å². The standard InChI is InChI=1S/C53H71BrN2O13/c1-31(16-17-38(61-6)12-10-18-54)21-44(58)47-26-42(62-7)27-53(60,69-47)28-49-55-36(29-63-49)22-33(3)51-35(5)52-34(4)45(67-51)13-9-14-48-56-43(30-64-48)46-24-37(57)23-41(66-46)25-40-20-32(2)19-39(65-40)11-8-15-50(59)68-52/h8-10,14-18,21-22,29-30,34-35,37-42,44-47,51-52,57-58,60H,2,11-13,19-20,23-28H2,1,3-7H3/t34-,35-,37+,38-,39-,40+,41-,42-,44-,45+,46+,47-,51-,52-,53+/m0/s1. The van der Waals surface area contributed by atoms with Crippen molar-refractivity contribution in [2.45, 2.75) is 177 Å². The average Bonchev–Trinajstić information content (AvgIpc) is 3.96. The Balaban J connectivity index is 1.06. The van der Waals surface area contributed by atoms with E-state index >= 15 is 0 Å². The predicted octanol–water partition coefficient (Wildman–Crippen LogP) is 8.76. The number of carbonyl (C=O) groups is 1. The van der Waals surface area contributed by atoms with Gasteiger partial charge in [0.1, 0.15) is 36.1 Å². The van der Waals surface area contributed by atoms with Crippen LogP contribution in [-0.4, -0.2) is 118 Å². The molecule has 7 rings (SSSR count). The summed E-state index contributed by atoms with van der Waals surface area (Å²) in [5.41, 5.74) is 3.86. The molecule has 5 aliphatic rings. The van der Waals surface area contributed by atoms with Crippen LogP contribution in [0.5, 0.6) is 0 Å². The van der Waals surface area contributed by atoms with Crippen molar-refractivity contribution in [3.05, 3.63) is 107 Å². The number of halogens is 1. The van der Waals surface area contributed by atoms with Crippen molar-refractivity contribution in [3.63, 3.8) is 0 Å². The van der Waals surface area contributed by atoms with Gasteiger partial charge in [-0.2, -0.15) is 0 Å². The molecule has 2 aromatic rings. The molecule has 378 valence electrons. The van der Waals surface area contributed by atoms with Gasteiger partial charge in [-0.05, 0) is 75.1 Å². The Morgan fingerprint density at radius 2 is 1.78 bits per heavy atom. The molecule has 0 saturated carbocycles. The maximum Gasteiger partial charge on any atom is 0.330 e. The fraction of sp³-hybridized carbons (Fsp3) is 0.604. The van der Waals surface area contributed by atoms with E-state index in [9.17, 15) is 20.1 Å². The molecule has 2 aromatic heterocycles. The number of aliphatic hydroxyl groups is 3. The molecule has 0 aliphatic carbocycles. The minimum atomic E-state index is -1.73. The van der Waals surface area contributed by atoms with Gasteiger partial charge in [0.05, 0.1) is 67.5 Å². The van der Waals surface area contributed by atoms with E-state index in [4.69, 9.17) is 52.0 Å². The molecular formula is C53H71BrN2O13. The van der Waals surface area contributed by atoms with Crippen molar-refractivity contribution in [2.75, 3.05) is 14.2 Å². The topological polar surface area (TPSA) is 194 Å². The number of nitrogens with zero attached hydrogens (tertiary/aromatic N) is 2. The number of ether oxygens (including phenoxy) is 7. The molecule has 0 spiro atoms. The molecule has 7 heterocycles. The van der Waals surface area contributed by atoms with Gasteiger partial charge in [-0.15, -0.1) is 0 Å². The highest BCUT2D eigenvalue weighted by molar-refractivity contribution is 9.11. The molecule has 3 N–H and O–H groups in total. The highest BCUT2D eigenvalue weighted by atomic mass is 79.9. The molecule has 15 nitrogen and oxygen atoms in total. The minimum absolute atomic E-state index is 0.0830. The maximum absolute atomic E-state index is 13.6. The number of hydrogen-bond acceptors (Lipinski definition) is 15. The van der Waals surface area contributed by atoms with Gasteiger partial charge in [0.2, 0.25) is 5.89 Å². The first-order valence-electron chi connectivity index (χ1n) is 24.3. The zero-order valence-corrected chi connectivity index (χ0v) is 42.3. The third-order valence-electron chi connectivity index (χ3n) is 13.9. The zero-order valence-electron chi connectivity index (χ0n) is 40.7. The van der Waals surface area contributed by atoms with Gasteiger partial charge in [0, 0.05) is 57.8 Å². The van der Waals surface area contributed by atoms with Crippen LogP contribution in [0.3, 0.4) is 0 Å². The number of hydrogen-bond donors (Lipinski definition) is 3. The van der Waals surface area contributed by atoms with Crippen LogP contribution in [0, 0.1) is 11.8 Å². The van der Waals surface area contributed by atoms with Gasteiger partial charge in [-0.1, -0.05) is 84.0 Å². The summed E-state index contributed by atoms with van der Waals surface area (Å²) >= 11 is 3.28. The fourth-order valence-corrected chi connectivity index (χ4v) is 10.6. The summed E-state index contributed by atoms with van der Waals surface area (Å²) in [6.45, 7) is 12.2. The quantitative estimate of drug-likeness (QED) is 0.104. The first kappa shape index (κ1) is 53.0. The summed E-state index contributed by atoms with van der Waals surface area (Å²) in [7, 11) is 3.22. The van der Waals surface area contributed by atoms with E-state index < -0.39 is 48.4 Å². The van der Waals surface area contributed by atoms with E-state index in [1.165, 1.54) is 12.3 Å². The van der Waals surface area contributed by atoms with Crippen LogP contribution in [0.25, 0.3) is 12.2 Å². The first-order valence-corrected chi connectivity index (χ1v) is 25.2. The second kappa shape index (κ2) is 24.5. The van der Waals surface area contributed by atoms with Gasteiger partial charge < -0.3 is 57.3 Å². The maximum atomic E-state index is 13.6. The number of fused-ring (bicyclic) bond motifs is 9. The Kier molecular flexibility index (Phi) is 18.9. The van der Waals surface area contributed by atoms with Crippen molar-refractivity contribution in [2.24, 2.45) is 11.8 Å². The van der Waals surface area contributed by atoms with Gasteiger partial charge in [0.15, 0.2) is 11.7 Å². The van der Waals surface area contributed by atoms with Gasteiger partial charge in [-0.3, -0.25) is 0 Å². The Hall–Kier alpha value is -3.81. The average molecular weight is 1020 g/mol. The summed E-state index contributed by atoms with van der Waals surface area (Å²) in [4.78, 5) is 24.8. The molecule has 5 aliphatic heterocycles. The monoisotopic (exact) mass is 1020 g/mol. The number of oxazole rings is 2. The lowest BCUT2D eigenvalue weighted by Gasteiger charge is -2.44. The van der Waals surface area contributed by atoms with Crippen molar-refractivity contribution in [1.82, 2.24) is 9.97 Å². The van der Waals surface area contributed by atoms with Crippen LogP contribution in [0.1, 0.15) is 121 Å². The van der Waals surface area contributed by atoms with E-state index in [0.717, 1.165) is 16.7 Å². The van der Waals surface area contributed by atoms with Gasteiger partial charge >= 0.3 is 5.97 Å². The Morgan fingerprint density at radius 1 is 0.986 bits per heavy atom. The second-order valence-electron chi connectivity index (χ2n) is 19.5. The van der Waals surface area contributed by atoms with Crippen molar-refractivity contribution in [3.8, 4) is 0 Å². The fourth-order valence-electron chi connectivity index (χ4n) is 10.4. The van der Waals surface area contributed by atoms with Gasteiger partial charge in [0.25, 0.3) is 0 Å². The minimum Gasteiger partial charge on any atom is -0.458 e. The summed E-state index contributed by atoms with van der Waals surface area (Å²) in [5.74, 6) is -1.95. The van der Waals surface area contributed by atoms with E-state index in [0.29, 0.717) is 75.1 Å². The van der Waals surface area contributed by atoms with E-state index in [-0.39, 0.29) is 67.2 Å². The smallest absolute Gasteiger partial charge is 0.330 e. The summed E-state index contributed by atoms with van der Waals surface area (Å²) in [6.07, 6.45) is 19.5. The molecule has 16 heteroatoms. The lowest BCUT2D eigenvalue weighted by atomic mass is 9.79. The molecule has 8 bridgehead atoms. The molecule has 0 aromatic carbocycles. The van der Waals surface area contributed by atoms with Crippen LogP contribution in [0.15, 0.2) is 92.2 Å². The molecule has 15 atom stereocenters. The van der Waals surface area contributed by atoms with E-state index in [2.05, 4.69) is 22.5 Å². The highest BCUT2D eigenvalue weighted by Gasteiger charge is 2.45. The number of esters is 1. The number of methoxy groups -OCH3 is 2. The summed E-state index contributed by atoms with van der Waals surface area (Å²) < 4.78 is 55.2. The lowest BCUT2D eigenvalue weighted by molar-refractivity contribution is -0.286. The molecule has 0 radical (unpaired) electrons. The molecule has 4 fully saturated rings. The van der Waals surface area contributed by atoms with Crippen LogP contribution in [0.2, 0.25) is 0 Å². The highest BCUT2D eigenvalue weighted by Crippen LogP contribution is 2.40. The first-order chi connectivity index (χ1) is 33.1. The normalized spacial score (nSPS) is 35.2. The van der Waals surface area contributed by atoms with Crippen LogP contribution in [-0.2, 0) is 44.4 Å². The summed E-state index contributed by atoms with van der Waals surface area (Å²) in [5, 5.41) is 33.9. The lowest BCUT2D eigenvalue weighted by Crippen LogP contribution is -2.51. The van der Waals surface area contributed by atoms with E-state index in [1.54, 1.807) is 37.6 Å². The zero-order chi connectivity index (χ0) is 49.2. The third-order valence-corrected chi connectivity index (χ3v) is 14.2. The SMILES string of the molecule is C=C1C[C@@H]2C[C@@H]3C[C@@H](O)C[C@@H](O3)c3coc(n3)C=CC[C@H]3O[C@@H](C(C)=Cc4coc(C[C@@]5(O)C[C@@H](OC)C[C@@H]([C@@H](O)C=C(C)C=C[C@H](CC=CBr)OC)O5)n4)[C@H](C)[C@@H](OC(=O)C=CC[C@@H](C1)O2)[C@H]3C. The number of carbonyl (C=O) groups excluding carboxylic acids is 1. The van der Waals surface area contributed by atoms with Crippen molar-refractivity contribution < 1.29 is 62.1 Å². The van der Waals surface area contributed by atoms with Crippen LogP contribution >= 0.6 is 15.9 Å².